The van der Waals surface area contributed by atoms with Crippen LogP contribution in [0.15, 0.2) is 6.07 Å². The van der Waals surface area contributed by atoms with Crippen LogP contribution in [0.1, 0.15) is 33.5 Å². The van der Waals surface area contributed by atoms with E-state index in [4.69, 9.17) is 5.73 Å². The summed E-state index contributed by atoms with van der Waals surface area (Å²) in [6.07, 6.45) is 1.84. The monoisotopic (exact) mass is 309 g/mol. The van der Waals surface area contributed by atoms with E-state index in [0.717, 1.165) is 30.8 Å². The fourth-order valence-electron chi connectivity index (χ4n) is 2.68. The van der Waals surface area contributed by atoms with Crippen molar-refractivity contribution in [3.05, 3.63) is 21.4 Å². The lowest BCUT2D eigenvalue weighted by Gasteiger charge is -2.20. The summed E-state index contributed by atoms with van der Waals surface area (Å²) < 4.78 is 0. The molecule has 1 fully saturated rings. The molecule has 0 unspecified atom stereocenters. The third-order valence-electron chi connectivity index (χ3n) is 3.87. The van der Waals surface area contributed by atoms with Crippen LogP contribution in [-0.4, -0.2) is 54.3 Å². The van der Waals surface area contributed by atoms with Gasteiger partial charge in [0.15, 0.2) is 0 Å². The summed E-state index contributed by atoms with van der Waals surface area (Å²) in [6.45, 7) is 7.38. The molecule has 0 radical (unpaired) electrons. The molecule has 6 heteroatoms. The van der Waals surface area contributed by atoms with Gasteiger partial charge in [-0.1, -0.05) is 6.92 Å². The summed E-state index contributed by atoms with van der Waals surface area (Å²) in [5.74, 6) is -0.194. The number of hydrogen-bond acceptors (Lipinski definition) is 4. The van der Waals surface area contributed by atoms with Crippen LogP contribution in [0.3, 0.4) is 0 Å². The van der Waals surface area contributed by atoms with E-state index in [0.29, 0.717) is 13.1 Å². The Morgan fingerprint density at radius 3 is 2.67 bits per heavy atom. The fraction of sp³-hybridized carbons (Fsp3) is 0.600. The summed E-state index contributed by atoms with van der Waals surface area (Å²) in [5.41, 5.74) is 6.49. The van der Waals surface area contributed by atoms with Crippen molar-refractivity contribution in [1.29, 1.82) is 0 Å². The van der Waals surface area contributed by atoms with E-state index in [1.165, 1.54) is 10.4 Å². The summed E-state index contributed by atoms with van der Waals surface area (Å²) >= 11 is 1.58. The van der Waals surface area contributed by atoms with Crippen LogP contribution in [0.4, 0.5) is 0 Å². The number of primary amides is 1. The predicted molar refractivity (Wildman–Crippen MR) is 84.6 cm³/mol. The van der Waals surface area contributed by atoms with E-state index in [1.807, 2.05) is 15.9 Å². The first-order chi connectivity index (χ1) is 10.0. The predicted octanol–water partition coefficient (Wildman–Crippen LogP) is 1.25. The van der Waals surface area contributed by atoms with Gasteiger partial charge >= 0.3 is 0 Å². The molecule has 1 saturated heterocycles. The molecular formula is C15H23N3O2S. The second-order valence-electron chi connectivity index (χ2n) is 5.43. The van der Waals surface area contributed by atoms with Crippen molar-refractivity contribution < 1.29 is 9.59 Å². The number of rotatable bonds is 4. The van der Waals surface area contributed by atoms with Crippen LogP contribution in [0.2, 0.25) is 0 Å². The Bertz CT molecular complexity index is 527. The van der Waals surface area contributed by atoms with Crippen LogP contribution >= 0.6 is 11.3 Å². The Labute approximate surface area is 129 Å². The second-order valence-corrected chi connectivity index (χ2v) is 6.69. The van der Waals surface area contributed by atoms with Gasteiger partial charge in [-0.15, -0.1) is 11.3 Å². The van der Waals surface area contributed by atoms with Crippen molar-refractivity contribution >= 4 is 23.2 Å². The number of thiophene rings is 1. The molecule has 2 rings (SSSR count). The van der Waals surface area contributed by atoms with Crippen molar-refractivity contribution in [3.63, 3.8) is 0 Å². The van der Waals surface area contributed by atoms with Crippen molar-refractivity contribution in [2.45, 2.75) is 26.7 Å². The lowest BCUT2D eigenvalue weighted by Crippen LogP contribution is -2.38. The van der Waals surface area contributed by atoms with Gasteiger partial charge in [0.2, 0.25) is 5.91 Å². The van der Waals surface area contributed by atoms with Gasteiger partial charge in [0.25, 0.3) is 5.91 Å². The van der Waals surface area contributed by atoms with E-state index in [2.05, 4.69) is 13.8 Å². The number of aryl methyl sites for hydroxylation is 2. The molecule has 2 N–H and O–H groups in total. The van der Waals surface area contributed by atoms with Gasteiger partial charge in [-0.05, 0) is 31.4 Å². The lowest BCUT2D eigenvalue weighted by molar-refractivity contribution is -0.119. The molecule has 1 aromatic rings. The van der Waals surface area contributed by atoms with E-state index >= 15 is 0 Å². The third-order valence-corrected chi connectivity index (χ3v) is 4.95. The number of nitrogens with two attached hydrogens (primary N) is 1. The molecule has 0 spiro atoms. The Kier molecular flexibility index (Phi) is 5.36. The van der Waals surface area contributed by atoms with Crippen LogP contribution in [0.25, 0.3) is 0 Å². The highest BCUT2D eigenvalue weighted by Gasteiger charge is 2.22. The van der Waals surface area contributed by atoms with E-state index in [9.17, 15) is 9.59 Å². The number of carbonyl (C=O) groups excluding carboxylic acids is 2. The van der Waals surface area contributed by atoms with Crippen molar-refractivity contribution in [3.8, 4) is 0 Å². The molecule has 5 nitrogen and oxygen atoms in total. The largest absolute Gasteiger partial charge is 0.369 e. The van der Waals surface area contributed by atoms with Crippen LogP contribution in [0.5, 0.6) is 0 Å². The first-order valence-electron chi connectivity index (χ1n) is 7.40. The van der Waals surface area contributed by atoms with Crippen molar-refractivity contribution in [2.75, 3.05) is 32.7 Å². The van der Waals surface area contributed by atoms with Gasteiger partial charge in [0.1, 0.15) is 0 Å². The summed E-state index contributed by atoms with van der Waals surface area (Å²) in [4.78, 5) is 29.6. The molecule has 1 aromatic heterocycles. The molecule has 21 heavy (non-hydrogen) atoms. The van der Waals surface area contributed by atoms with E-state index < -0.39 is 0 Å². The van der Waals surface area contributed by atoms with Crippen LogP contribution in [0, 0.1) is 6.92 Å². The molecule has 2 heterocycles. The minimum absolute atomic E-state index is 0.115. The van der Waals surface area contributed by atoms with Gasteiger partial charge < -0.3 is 10.6 Å². The minimum Gasteiger partial charge on any atom is -0.369 e. The highest BCUT2D eigenvalue weighted by atomic mass is 32.1. The smallest absolute Gasteiger partial charge is 0.263 e. The van der Waals surface area contributed by atoms with Crippen molar-refractivity contribution in [1.82, 2.24) is 9.80 Å². The van der Waals surface area contributed by atoms with Crippen LogP contribution < -0.4 is 5.73 Å². The molecule has 0 aliphatic carbocycles. The summed E-state index contributed by atoms with van der Waals surface area (Å²) in [7, 11) is 0. The van der Waals surface area contributed by atoms with Gasteiger partial charge in [-0.3, -0.25) is 14.5 Å². The SMILES string of the molecule is CCc1cc(C(=O)N2CCCN(CC(N)=O)CC2)sc1C. The van der Waals surface area contributed by atoms with Crippen LogP contribution in [-0.2, 0) is 11.2 Å². The zero-order valence-electron chi connectivity index (χ0n) is 12.7. The molecular weight excluding hydrogens is 286 g/mol. The van der Waals surface area contributed by atoms with Gasteiger partial charge in [0.05, 0.1) is 11.4 Å². The highest BCUT2D eigenvalue weighted by Crippen LogP contribution is 2.23. The molecule has 1 aliphatic heterocycles. The first-order valence-corrected chi connectivity index (χ1v) is 8.22. The number of nitrogens with zero attached hydrogens (tertiary/aromatic N) is 2. The molecule has 116 valence electrons. The standard InChI is InChI=1S/C15H23N3O2S/c1-3-12-9-13(21-11(12)2)15(20)18-6-4-5-17(7-8-18)10-14(16)19/h9H,3-8,10H2,1-2H3,(H2,16,19). The number of hydrogen-bond donors (Lipinski definition) is 1. The van der Waals surface area contributed by atoms with Gasteiger partial charge in [0, 0.05) is 31.1 Å². The van der Waals surface area contributed by atoms with Gasteiger partial charge in [-0.25, -0.2) is 0 Å². The van der Waals surface area contributed by atoms with E-state index in [1.54, 1.807) is 11.3 Å². The molecule has 0 saturated carbocycles. The molecule has 0 bridgehead atoms. The number of amides is 2. The maximum absolute atomic E-state index is 12.6. The number of carbonyl (C=O) groups is 2. The van der Waals surface area contributed by atoms with E-state index in [-0.39, 0.29) is 18.4 Å². The normalized spacial score (nSPS) is 16.8. The van der Waals surface area contributed by atoms with Crippen molar-refractivity contribution in [2.24, 2.45) is 5.73 Å². The van der Waals surface area contributed by atoms with Gasteiger partial charge in [-0.2, -0.15) is 0 Å². The Morgan fingerprint density at radius 2 is 2.05 bits per heavy atom. The maximum Gasteiger partial charge on any atom is 0.263 e. The first kappa shape index (κ1) is 16.0. The lowest BCUT2D eigenvalue weighted by atomic mass is 10.2. The average molecular weight is 309 g/mol. The molecule has 0 atom stereocenters. The fourth-order valence-corrected chi connectivity index (χ4v) is 3.77. The topological polar surface area (TPSA) is 66.6 Å². The Balaban J connectivity index is 2.01. The quantitative estimate of drug-likeness (QED) is 0.910. The highest BCUT2D eigenvalue weighted by molar-refractivity contribution is 7.14. The maximum atomic E-state index is 12.6. The second kappa shape index (κ2) is 7.04. The third kappa shape index (κ3) is 4.04. The molecule has 2 amide bonds. The summed E-state index contributed by atoms with van der Waals surface area (Å²) in [5, 5.41) is 0. The summed E-state index contributed by atoms with van der Waals surface area (Å²) in [6, 6.07) is 2.02. The molecule has 1 aliphatic rings. The Morgan fingerprint density at radius 1 is 1.29 bits per heavy atom. The Hall–Kier alpha value is -1.40. The minimum atomic E-state index is -0.309. The average Bonchev–Trinajstić information content (AvgIpc) is 2.66. The zero-order chi connectivity index (χ0) is 15.4. The zero-order valence-corrected chi connectivity index (χ0v) is 13.5. The molecule has 0 aromatic carbocycles.